The Balaban J connectivity index is 1.61. The highest BCUT2D eigenvalue weighted by Crippen LogP contribution is 2.32. The Morgan fingerprint density at radius 2 is 2.16 bits per heavy atom. The second kappa shape index (κ2) is 8.12. The minimum atomic E-state index is -0.332. The molecule has 5 heteroatoms. The number of aromatic nitrogens is 2. The van der Waals surface area contributed by atoms with Crippen molar-refractivity contribution in [1.29, 1.82) is 0 Å². The Hall–Kier alpha value is -2.40. The summed E-state index contributed by atoms with van der Waals surface area (Å²) in [4.78, 5) is 13.7. The molecule has 1 unspecified atom stereocenters. The van der Waals surface area contributed by atoms with Crippen molar-refractivity contribution in [3.8, 4) is 0 Å². The molecular weight excluding hydrogens is 314 g/mol. The van der Waals surface area contributed by atoms with E-state index in [0.717, 1.165) is 25.1 Å². The van der Waals surface area contributed by atoms with E-state index in [1.165, 1.54) is 37.2 Å². The maximum Gasteiger partial charge on any atom is 0.330 e. The number of nitrogens with zero attached hydrogens (tertiary/aromatic N) is 3. The van der Waals surface area contributed by atoms with Gasteiger partial charge in [-0.05, 0) is 48.6 Å². The first-order chi connectivity index (χ1) is 12.2. The number of esters is 1. The Kier molecular flexibility index (Phi) is 5.66. The highest BCUT2D eigenvalue weighted by atomic mass is 16.5. The average molecular weight is 339 g/mol. The van der Waals surface area contributed by atoms with Crippen LogP contribution < -0.4 is 0 Å². The van der Waals surface area contributed by atoms with Crippen molar-refractivity contribution >= 4 is 12.0 Å². The van der Waals surface area contributed by atoms with Gasteiger partial charge in [0.2, 0.25) is 0 Å². The fraction of sp³-hybridized carbons (Fsp3) is 0.400. The predicted molar refractivity (Wildman–Crippen MR) is 98.0 cm³/mol. The summed E-state index contributed by atoms with van der Waals surface area (Å²) in [6.45, 7) is 2.20. The number of benzene rings is 1. The molecular formula is C20H25N3O2. The molecule has 1 fully saturated rings. The molecule has 0 saturated carbocycles. The summed E-state index contributed by atoms with van der Waals surface area (Å²) in [5, 5.41) is 4.24. The molecule has 1 aliphatic heterocycles. The summed E-state index contributed by atoms with van der Waals surface area (Å²) in [5.41, 5.74) is 3.64. The zero-order valence-corrected chi connectivity index (χ0v) is 14.9. The van der Waals surface area contributed by atoms with Crippen LogP contribution >= 0.6 is 0 Å². The topological polar surface area (TPSA) is 47.4 Å². The van der Waals surface area contributed by atoms with Crippen molar-refractivity contribution in [3.63, 3.8) is 0 Å². The Morgan fingerprint density at radius 1 is 1.36 bits per heavy atom. The first-order valence-corrected chi connectivity index (χ1v) is 8.73. The van der Waals surface area contributed by atoms with Crippen LogP contribution in [0.1, 0.15) is 35.6 Å². The minimum Gasteiger partial charge on any atom is -0.466 e. The molecule has 1 aromatic carbocycles. The monoisotopic (exact) mass is 339 g/mol. The van der Waals surface area contributed by atoms with Crippen LogP contribution in [-0.2, 0) is 23.0 Å². The Morgan fingerprint density at radius 3 is 2.84 bits per heavy atom. The molecule has 0 N–H and O–H groups in total. The van der Waals surface area contributed by atoms with Gasteiger partial charge in [0, 0.05) is 31.9 Å². The van der Waals surface area contributed by atoms with E-state index < -0.39 is 0 Å². The largest absolute Gasteiger partial charge is 0.466 e. The van der Waals surface area contributed by atoms with Gasteiger partial charge in [0.1, 0.15) is 0 Å². The van der Waals surface area contributed by atoms with Crippen LogP contribution in [0.2, 0.25) is 0 Å². The van der Waals surface area contributed by atoms with E-state index in [0.29, 0.717) is 6.04 Å². The maximum atomic E-state index is 11.2. The van der Waals surface area contributed by atoms with Gasteiger partial charge >= 0.3 is 5.97 Å². The lowest BCUT2D eigenvalue weighted by atomic mass is 10.0. The van der Waals surface area contributed by atoms with Gasteiger partial charge in [0.25, 0.3) is 0 Å². The normalized spacial score (nSPS) is 18.1. The third-order valence-corrected chi connectivity index (χ3v) is 4.74. The molecule has 0 amide bonds. The fourth-order valence-electron chi connectivity index (χ4n) is 3.41. The number of ether oxygens (including phenoxy) is 1. The van der Waals surface area contributed by atoms with Gasteiger partial charge in [0.15, 0.2) is 0 Å². The van der Waals surface area contributed by atoms with Crippen LogP contribution in [0.5, 0.6) is 0 Å². The van der Waals surface area contributed by atoms with Gasteiger partial charge in [-0.1, -0.05) is 24.3 Å². The molecule has 0 radical (unpaired) electrons. The average Bonchev–Trinajstić information content (AvgIpc) is 3.27. The molecule has 132 valence electrons. The lowest BCUT2D eigenvalue weighted by molar-refractivity contribution is -0.134. The molecule has 0 spiro atoms. The summed E-state index contributed by atoms with van der Waals surface area (Å²) in [5.74, 6) is -0.332. The van der Waals surface area contributed by atoms with Gasteiger partial charge in [0.05, 0.1) is 13.3 Å². The standard InChI is InChI=1S/C20H25N3O2/c1-22-15-17(14-21-22)11-13-23-12-3-4-19(23)18-8-5-16(6-9-18)7-10-20(24)25-2/h5-10,14-15,19H,3-4,11-13H2,1-2H3. The molecule has 0 bridgehead atoms. The highest BCUT2D eigenvalue weighted by molar-refractivity contribution is 5.86. The molecule has 0 aliphatic carbocycles. The van der Waals surface area contributed by atoms with Crippen molar-refractivity contribution in [3.05, 3.63) is 59.4 Å². The van der Waals surface area contributed by atoms with E-state index in [4.69, 9.17) is 0 Å². The summed E-state index contributed by atoms with van der Waals surface area (Å²) in [6, 6.07) is 8.95. The first kappa shape index (κ1) is 17.4. The number of hydrogen-bond donors (Lipinski definition) is 0. The zero-order valence-electron chi connectivity index (χ0n) is 14.9. The summed E-state index contributed by atoms with van der Waals surface area (Å²) < 4.78 is 6.48. The van der Waals surface area contributed by atoms with Crippen molar-refractivity contribution in [1.82, 2.24) is 14.7 Å². The fourth-order valence-corrected chi connectivity index (χ4v) is 3.41. The summed E-state index contributed by atoms with van der Waals surface area (Å²) in [7, 11) is 3.34. The molecule has 2 aromatic rings. The van der Waals surface area contributed by atoms with Crippen molar-refractivity contribution in [2.24, 2.45) is 7.05 Å². The van der Waals surface area contributed by atoms with Gasteiger partial charge in [-0.2, -0.15) is 5.10 Å². The van der Waals surface area contributed by atoms with Crippen LogP contribution in [0, 0.1) is 0 Å². The lowest BCUT2D eigenvalue weighted by Crippen LogP contribution is -2.25. The van der Waals surface area contributed by atoms with Gasteiger partial charge in [-0.15, -0.1) is 0 Å². The molecule has 3 rings (SSSR count). The lowest BCUT2D eigenvalue weighted by Gasteiger charge is -2.24. The van der Waals surface area contributed by atoms with E-state index in [-0.39, 0.29) is 5.97 Å². The number of likely N-dealkylation sites (tertiary alicyclic amines) is 1. The molecule has 5 nitrogen and oxygen atoms in total. The SMILES string of the molecule is COC(=O)C=Cc1ccc(C2CCCN2CCc2cnn(C)c2)cc1. The third kappa shape index (κ3) is 4.57. The number of carbonyl (C=O) groups is 1. The van der Waals surface area contributed by atoms with E-state index in [1.807, 2.05) is 17.9 Å². The van der Waals surface area contributed by atoms with Crippen molar-refractivity contribution in [2.45, 2.75) is 25.3 Å². The Bertz CT molecular complexity index is 734. The number of hydrogen-bond acceptors (Lipinski definition) is 4. The number of aryl methyl sites for hydroxylation is 1. The van der Waals surface area contributed by atoms with Crippen LogP contribution in [0.3, 0.4) is 0 Å². The molecule has 1 atom stereocenters. The molecule has 1 saturated heterocycles. The number of rotatable bonds is 6. The second-order valence-electron chi connectivity index (χ2n) is 6.49. The molecule has 1 aliphatic rings. The smallest absolute Gasteiger partial charge is 0.330 e. The summed E-state index contributed by atoms with van der Waals surface area (Å²) in [6.07, 6.45) is 10.7. The van der Waals surface area contributed by atoms with E-state index in [9.17, 15) is 4.79 Å². The quantitative estimate of drug-likeness (QED) is 0.600. The predicted octanol–water partition coefficient (Wildman–Crippen LogP) is 2.99. The minimum absolute atomic E-state index is 0.332. The first-order valence-electron chi connectivity index (χ1n) is 8.73. The highest BCUT2D eigenvalue weighted by Gasteiger charge is 2.25. The van der Waals surface area contributed by atoms with E-state index in [2.05, 4.69) is 45.2 Å². The third-order valence-electron chi connectivity index (χ3n) is 4.74. The van der Waals surface area contributed by atoms with Crippen molar-refractivity contribution < 1.29 is 9.53 Å². The second-order valence-corrected chi connectivity index (χ2v) is 6.49. The van der Waals surface area contributed by atoms with Gasteiger partial charge in [-0.3, -0.25) is 9.58 Å². The maximum absolute atomic E-state index is 11.2. The van der Waals surface area contributed by atoms with E-state index >= 15 is 0 Å². The van der Waals surface area contributed by atoms with Crippen LogP contribution in [0.25, 0.3) is 6.08 Å². The van der Waals surface area contributed by atoms with E-state index in [1.54, 1.807) is 6.08 Å². The van der Waals surface area contributed by atoms with Crippen molar-refractivity contribution in [2.75, 3.05) is 20.2 Å². The molecule has 25 heavy (non-hydrogen) atoms. The number of methoxy groups -OCH3 is 1. The molecule has 2 heterocycles. The molecule has 1 aromatic heterocycles. The number of carbonyl (C=O) groups excluding carboxylic acids is 1. The zero-order chi connectivity index (χ0) is 17.6. The van der Waals surface area contributed by atoms with Crippen LogP contribution in [0.15, 0.2) is 42.7 Å². The van der Waals surface area contributed by atoms with Crippen LogP contribution in [0.4, 0.5) is 0 Å². The van der Waals surface area contributed by atoms with Gasteiger partial charge < -0.3 is 4.74 Å². The summed E-state index contributed by atoms with van der Waals surface area (Å²) >= 11 is 0. The Labute approximate surface area is 148 Å². The van der Waals surface area contributed by atoms with Gasteiger partial charge in [-0.25, -0.2) is 4.79 Å². The van der Waals surface area contributed by atoms with Crippen LogP contribution in [-0.4, -0.2) is 40.8 Å².